The van der Waals surface area contributed by atoms with Crippen molar-refractivity contribution < 1.29 is 13.6 Å². The molecule has 1 fully saturated rings. The van der Waals surface area contributed by atoms with Crippen LogP contribution in [0.5, 0.6) is 0 Å². The molecule has 0 radical (unpaired) electrons. The highest BCUT2D eigenvalue weighted by Crippen LogP contribution is 2.42. The lowest BCUT2D eigenvalue weighted by molar-refractivity contribution is 0.0440. The molecule has 0 aromatic heterocycles. The van der Waals surface area contributed by atoms with Crippen molar-refractivity contribution in [3.05, 3.63) is 25.3 Å². The molecule has 1 rings (SSSR count). The first-order chi connectivity index (χ1) is 12.0. The molecule has 0 aromatic carbocycles. The first-order valence-electron chi connectivity index (χ1n) is 9.54. The Labute approximate surface area is 156 Å². The first kappa shape index (κ1) is 22.2. The predicted molar refractivity (Wildman–Crippen MR) is 108 cm³/mol. The van der Waals surface area contributed by atoms with Crippen molar-refractivity contribution in [1.82, 2.24) is 0 Å². The highest BCUT2D eigenvalue weighted by molar-refractivity contribution is 6.77. The summed E-state index contributed by atoms with van der Waals surface area (Å²) in [7, 11) is -0.971. The number of ether oxygens (including phenoxy) is 1. The van der Waals surface area contributed by atoms with Crippen molar-refractivity contribution in [3.8, 4) is 11.5 Å². The third-order valence-electron chi connectivity index (χ3n) is 4.62. The number of rotatable bonds is 12. The highest BCUT2D eigenvalue weighted by Gasteiger charge is 2.49. The standard InChI is InChI=1S/C21H36O3Si/c1-6-8-12-18-23-25(19-13-17-22-5,20-14-10-11-15-20)24-21(3,4)16-9-7-2/h6-7,20H,1-2,8-12,14-18H2,3-5H3. The summed E-state index contributed by atoms with van der Waals surface area (Å²) in [5.41, 5.74) is 3.64. The van der Waals surface area contributed by atoms with Crippen molar-refractivity contribution in [2.75, 3.05) is 20.3 Å². The first-order valence-corrected chi connectivity index (χ1v) is 11.4. The van der Waals surface area contributed by atoms with Gasteiger partial charge in [-0.15, -0.1) is 13.2 Å². The highest BCUT2D eigenvalue weighted by atomic mass is 28.4. The van der Waals surface area contributed by atoms with E-state index < -0.39 is 8.56 Å². The van der Waals surface area contributed by atoms with Gasteiger partial charge in [0.15, 0.2) is 0 Å². The maximum atomic E-state index is 6.75. The van der Waals surface area contributed by atoms with Crippen molar-refractivity contribution >= 4 is 8.56 Å². The lowest BCUT2D eigenvalue weighted by atomic mass is 10.0. The third-order valence-corrected chi connectivity index (χ3v) is 8.29. The molecule has 142 valence electrons. The Kier molecular flexibility index (Phi) is 10.4. The van der Waals surface area contributed by atoms with E-state index in [4.69, 9.17) is 13.6 Å². The molecule has 0 heterocycles. The van der Waals surface area contributed by atoms with E-state index in [-0.39, 0.29) is 5.60 Å². The normalized spacial score (nSPS) is 17.6. The van der Waals surface area contributed by atoms with Gasteiger partial charge in [0.2, 0.25) is 0 Å². The minimum absolute atomic E-state index is 0.261. The molecule has 0 bridgehead atoms. The van der Waals surface area contributed by atoms with Crippen LogP contribution in [0.3, 0.4) is 0 Å². The topological polar surface area (TPSA) is 27.7 Å². The molecular formula is C21H36O3Si. The van der Waals surface area contributed by atoms with Crippen LogP contribution in [0.4, 0.5) is 0 Å². The lowest BCUT2D eigenvalue weighted by Gasteiger charge is -2.38. The second kappa shape index (κ2) is 11.7. The maximum absolute atomic E-state index is 6.75. The summed E-state index contributed by atoms with van der Waals surface area (Å²) in [4.78, 5) is 0. The van der Waals surface area contributed by atoms with Crippen LogP contribution >= 0.6 is 0 Å². The van der Waals surface area contributed by atoms with Gasteiger partial charge in [0.25, 0.3) is 0 Å². The summed E-state index contributed by atoms with van der Waals surface area (Å²) in [6.07, 6.45) is 12.5. The molecular weight excluding hydrogens is 328 g/mol. The van der Waals surface area contributed by atoms with Crippen molar-refractivity contribution in [2.24, 2.45) is 0 Å². The van der Waals surface area contributed by atoms with Crippen molar-refractivity contribution in [1.29, 1.82) is 0 Å². The zero-order chi connectivity index (χ0) is 18.6. The second-order valence-corrected chi connectivity index (χ2v) is 10.2. The van der Waals surface area contributed by atoms with Gasteiger partial charge in [0.1, 0.15) is 6.61 Å². The Morgan fingerprint density at radius 1 is 1.16 bits per heavy atom. The van der Waals surface area contributed by atoms with Gasteiger partial charge in [-0.1, -0.05) is 36.5 Å². The fourth-order valence-corrected chi connectivity index (χ4v) is 6.94. The number of hydrogen-bond acceptors (Lipinski definition) is 3. The molecule has 1 aliphatic rings. The summed E-state index contributed by atoms with van der Waals surface area (Å²) in [6.45, 7) is 13.1. The minimum Gasteiger partial charge on any atom is -0.385 e. The monoisotopic (exact) mass is 364 g/mol. The van der Waals surface area contributed by atoms with E-state index in [2.05, 4.69) is 38.5 Å². The Hall–Kier alpha value is -0.863. The van der Waals surface area contributed by atoms with Crippen LogP contribution in [-0.4, -0.2) is 34.5 Å². The lowest BCUT2D eigenvalue weighted by Crippen LogP contribution is -2.51. The fraction of sp³-hybridized carbons (Fsp3) is 0.714. The number of methoxy groups -OCH3 is 1. The molecule has 3 nitrogen and oxygen atoms in total. The van der Waals surface area contributed by atoms with E-state index in [1.54, 1.807) is 7.11 Å². The molecule has 0 aromatic rings. The maximum Gasteiger partial charge on any atom is 0.427 e. The quantitative estimate of drug-likeness (QED) is 0.203. The van der Waals surface area contributed by atoms with Gasteiger partial charge in [-0.25, -0.2) is 0 Å². The van der Waals surface area contributed by atoms with E-state index in [9.17, 15) is 0 Å². The second-order valence-electron chi connectivity index (χ2n) is 7.35. The fourth-order valence-electron chi connectivity index (χ4n) is 3.29. The van der Waals surface area contributed by atoms with E-state index in [0.29, 0.717) is 18.8 Å². The summed E-state index contributed by atoms with van der Waals surface area (Å²) >= 11 is 0. The van der Waals surface area contributed by atoms with Gasteiger partial charge in [-0.3, -0.25) is 0 Å². The summed E-state index contributed by atoms with van der Waals surface area (Å²) < 4.78 is 18.4. The molecule has 0 N–H and O–H groups in total. The molecule has 0 aliphatic heterocycles. The summed E-state index contributed by atoms with van der Waals surface area (Å²) in [5, 5.41) is 0. The van der Waals surface area contributed by atoms with Crippen molar-refractivity contribution in [3.63, 3.8) is 0 Å². The molecule has 1 unspecified atom stereocenters. The largest absolute Gasteiger partial charge is 0.427 e. The summed E-state index contributed by atoms with van der Waals surface area (Å²) in [6, 6.07) is 0. The van der Waals surface area contributed by atoms with Gasteiger partial charge in [-0.2, -0.15) is 0 Å². The zero-order valence-corrected chi connectivity index (χ0v) is 17.4. The molecule has 0 spiro atoms. The molecule has 1 aliphatic carbocycles. The van der Waals surface area contributed by atoms with Crippen LogP contribution in [-0.2, 0) is 13.6 Å². The van der Waals surface area contributed by atoms with Crippen LogP contribution in [0.2, 0.25) is 5.54 Å². The van der Waals surface area contributed by atoms with Crippen LogP contribution < -0.4 is 0 Å². The van der Waals surface area contributed by atoms with Crippen molar-refractivity contribution in [2.45, 2.75) is 76.4 Å². The molecule has 1 atom stereocenters. The molecule has 1 saturated carbocycles. The van der Waals surface area contributed by atoms with Gasteiger partial charge < -0.3 is 13.6 Å². The van der Waals surface area contributed by atoms with Crippen LogP contribution in [0.1, 0.15) is 65.2 Å². The van der Waals surface area contributed by atoms with Crippen LogP contribution in [0.15, 0.2) is 25.3 Å². The van der Waals surface area contributed by atoms with E-state index >= 15 is 0 Å². The van der Waals surface area contributed by atoms with Crippen LogP contribution in [0, 0.1) is 11.5 Å². The summed E-state index contributed by atoms with van der Waals surface area (Å²) in [5.74, 6) is 3.17. The van der Waals surface area contributed by atoms with E-state index in [0.717, 1.165) is 38.5 Å². The SMILES string of the molecule is C=CCCCO[Si](C#CCOC)(OC(C)(C)CCC=C)C1CCCC1. The minimum atomic E-state index is -2.64. The molecule has 0 amide bonds. The molecule has 0 saturated heterocycles. The smallest absolute Gasteiger partial charge is 0.385 e. The van der Waals surface area contributed by atoms with Gasteiger partial charge >= 0.3 is 8.56 Å². The van der Waals surface area contributed by atoms with E-state index in [1.807, 2.05) is 12.2 Å². The van der Waals surface area contributed by atoms with Gasteiger partial charge in [0, 0.05) is 19.3 Å². The van der Waals surface area contributed by atoms with Crippen LogP contribution in [0.25, 0.3) is 0 Å². The van der Waals surface area contributed by atoms with E-state index in [1.165, 1.54) is 12.8 Å². The molecule has 4 heteroatoms. The van der Waals surface area contributed by atoms with Gasteiger partial charge in [-0.05, 0) is 52.4 Å². The number of allylic oxidation sites excluding steroid dienone is 2. The number of hydrogen-bond donors (Lipinski definition) is 0. The Balaban J connectivity index is 3.02. The third kappa shape index (κ3) is 7.92. The average Bonchev–Trinajstić information content (AvgIpc) is 3.12. The number of unbranched alkanes of at least 4 members (excludes halogenated alkanes) is 1. The Morgan fingerprint density at radius 2 is 1.84 bits per heavy atom. The Bertz CT molecular complexity index is 457. The predicted octanol–water partition coefficient (Wildman–Crippen LogP) is 5.31. The zero-order valence-electron chi connectivity index (χ0n) is 16.4. The molecule has 25 heavy (non-hydrogen) atoms. The average molecular weight is 365 g/mol. The van der Waals surface area contributed by atoms with Gasteiger partial charge in [0.05, 0.1) is 5.60 Å². The Morgan fingerprint density at radius 3 is 2.44 bits per heavy atom.